The number of pyridine rings is 1. The van der Waals surface area contributed by atoms with Crippen molar-refractivity contribution in [1.29, 1.82) is 0 Å². The molecule has 0 bridgehead atoms. The van der Waals surface area contributed by atoms with E-state index in [2.05, 4.69) is 10.3 Å². The number of amides is 1. The lowest BCUT2D eigenvalue weighted by Gasteiger charge is -2.33. The lowest BCUT2D eigenvalue weighted by molar-refractivity contribution is -0.141. The standard InChI is InChI=1S/C25H24F5N3O/c1-16-5-11-20(27)21(14-16)33(23(24(34)31-2)18-7-9-19(26)10-8-18)13-3-4-17-6-12-22(32-15-17)25(28,29)30/h5-12,14-15,23H,3-4,13H2,1-2H3,(H,31,34). The molecule has 0 aliphatic carbocycles. The Morgan fingerprint density at radius 2 is 1.76 bits per heavy atom. The first-order chi connectivity index (χ1) is 16.1. The minimum Gasteiger partial charge on any atom is -0.357 e. The van der Waals surface area contributed by atoms with Gasteiger partial charge in [0.1, 0.15) is 23.4 Å². The minimum absolute atomic E-state index is 0.198. The Morgan fingerprint density at radius 1 is 1.06 bits per heavy atom. The van der Waals surface area contributed by atoms with Crippen LogP contribution in [0.3, 0.4) is 0 Å². The Balaban J connectivity index is 1.91. The average Bonchev–Trinajstić information content (AvgIpc) is 2.80. The Bertz CT molecular complexity index is 1110. The highest BCUT2D eigenvalue weighted by Gasteiger charge is 2.32. The lowest BCUT2D eigenvalue weighted by Crippen LogP contribution is -2.40. The number of halogens is 5. The first kappa shape index (κ1) is 25.1. The number of anilines is 1. The SMILES string of the molecule is CNC(=O)C(c1ccc(F)cc1)N(CCCc1ccc(C(F)(F)F)nc1)c1cc(C)ccc1F. The predicted molar refractivity (Wildman–Crippen MR) is 119 cm³/mol. The third-order valence-corrected chi connectivity index (χ3v) is 5.38. The van der Waals surface area contributed by atoms with Crippen molar-refractivity contribution < 1.29 is 26.7 Å². The fourth-order valence-corrected chi connectivity index (χ4v) is 3.68. The van der Waals surface area contributed by atoms with Crippen LogP contribution in [0.4, 0.5) is 27.6 Å². The molecule has 0 saturated heterocycles. The smallest absolute Gasteiger partial charge is 0.357 e. The number of benzene rings is 2. The summed E-state index contributed by atoms with van der Waals surface area (Å²) in [5.74, 6) is -1.41. The van der Waals surface area contributed by atoms with Gasteiger partial charge in [-0.2, -0.15) is 13.2 Å². The molecule has 0 aliphatic rings. The van der Waals surface area contributed by atoms with Gasteiger partial charge in [-0.15, -0.1) is 0 Å². The summed E-state index contributed by atoms with van der Waals surface area (Å²) in [6.45, 7) is 2.00. The number of likely N-dealkylation sites (N-methyl/N-ethyl adjacent to an activating group) is 1. The van der Waals surface area contributed by atoms with Crippen LogP contribution in [0.5, 0.6) is 0 Å². The van der Waals surface area contributed by atoms with E-state index in [1.54, 1.807) is 24.0 Å². The van der Waals surface area contributed by atoms with Crippen LogP contribution in [0.1, 0.15) is 34.8 Å². The molecule has 0 spiro atoms. The van der Waals surface area contributed by atoms with E-state index in [0.29, 0.717) is 24.0 Å². The minimum atomic E-state index is -4.52. The zero-order valence-corrected chi connectivity index (χ0v) is 18.7. The van der Waals surface area contributed by atoms with Crippen molar-refractivity contribution in [2.24, 2.45) is 0 Å². The first-order valence-corrected chi connectivity index (χ1v) is 10.6. The number of hydrogen-bond donors (Lipinski definition) is 1. The van der Waals surface area contributed by atoms with Crippen LogP contribution in [0.25, 0.3) is 0 Å². The topological polar surface area (TPSA) is 45.2 Å². The molecule has 1 atom stereocenters. The first-order valence-electron chi connectivity index (χ1n) is 10.6. The Labute approximate surface area is 194 Å². The van der Waals surface area contributed by atoms with Crippen LogP contribution in [0.15, 0.2) is 60.8 Å². The molecule has 1 N–H and O–H groups in total. The summed E-state index contributed by atoms with van der Waals surface area (Å²) in [4.78, 5) is 17.9. The molecule has 1 unspecified atom stereocenters. The molecule has 3 rings (SSSR count). The molecule has 1 heterocycles. The number of rotatable bonds is 8. The van der Waals surface area contributed by atoms with Crippen LogP contribution < -0.4 is 10.2 Å². The van der Waals surface area contributed by atoms with E-state index < -0.39 is 35.5 Å². The molecular weight excluding hydrogens is 453 g/mol. The van der Waals surface area contributed by atoms with Crippen LogP contribution in [-0.2, 0) is 17.4 Å². The zero-order valence-electron chi connectivity index (χ0n) is 18.7. The largest absolute Gasteiger partial charge is 0.433 e. The van der Waals surface area contributed by atoms with E-state index in [1.165, 1.54) is 43.4 Å². The molecular formula is C25H24F5N3O. The normalized spacial score (nSPS) is 12.3. The highest BCUT2D eigenvalue weighted by Crippen LogP contribution is 2.32. The second-order valence-corrected chi connectivity index (χ2v) is 7.87. The van der Waals surface area contributed by atoms with Crippen molar-refractivity contribution >= 4 is 11.6 Å². The molecule has 180 valence electrons. The fraction of sp³-hybridized carbons (Fsp3) is 0.280. The number of hydrogen-bond acceptors (Lipinski definition) is 3. The van der Waals surface area contributed by atoms with E-state index in [1.807, 2.05) is 0 Å². The molecule has 34 heavy (non-hydrogen) atoms. The highest BCUT2D eigenvalue weighted by atomic mass is 19.4. The number of alkyl halides is 3. The quantitative estimate of drug-likeness (QED) is 0.429. The van der Waals surface area contributed by atoms with Crippen molar-refractivity contribution in [3.05, 3.63) is 94.8 Å². The van der Waals surface area contributed by atoms with Gasteiger partial charge in [-0.25, -0.2) is 8.78 Å². The fourth-order valence-electron chi connectivity index (χ4n) is 3.68. The van der Waals surface area contributed by atoms with Gasteiger partial charge in [-0.3, -0.25) is 9.78 Å². The number of nitrogens with zero attached hydrogens (tertiary/aromatic N) is 2. The molecule has 0 saturated carbocycles. The van der Waals surface area contributed by atoms with E-state index in [4.69, 9.17) is 0 Å². The van der Waals surface area contributed by atoms with E-state index in [9.17, 15) is 26.7 Å². The lowest BCUT2D eigenvalue weighted by atomic mass is 10.0. The van der Waals surface area contributed by atoms with Crippen LogP contribution >= 0.6 is 0 Å². The van der Waals surface area contributed by atoms with E-state index >= 15 is 0 Å². The molecule has 1 amide bonds. The highest BCUT2D eigenvalue weighted by molar-refractivity contribution is 5.86. The summed E-state index contributed by atoms with van der Waals surface area (Å²) in [6.07, 6.45) is -2.60. The zero-order chi connectivity index (χ0) is 24.9. The van der Waals surface area contributed by atoms with Gasteiger partial charge in [0.25, 0.3) is 0 Å². The van der Waals surface area contributed by atoms with E-state index in [0.717, 1.165) is 17.8 Å². The summed E-state index contributed by atoms with van der Waals surface area (Å²) in [5, 5.41) is 2.58. The summed E-state index contributed by atoms with van der Waals surface area (Å²) in [7, 11) is 1.46. The van der Waals surface area contributed by atoms with Gasteiger partial charge in [0, 0.05) is 19.8 Å². The van der Waals surface area contributed by atoms with Crippen molar-refractivity contribution in [3.63, 3.8) is 0 Å². The van der Waals surface area contributed by atoms with Crippen molar-refractivity contribution in [2.75, 3.05) is 18.5 Å². The van der Waals surface area contributed by atoms with Gasteiger partial charge in [-0.1, -0.05) is 24.3 Å². The van der Waals surface area contributed by atoms with Crippen molar-refractivity contribution in [1.82, 2.24) is 10.3 Å². The van der Waals surface area contributed by atoms with Crippen LogP contribution in [0, 0.1) is 18.6 Å². The summed E-state index contributed by atoms with van der Waals surface area (Å²) < 4.78 is 66.7. The maximum Gasteiger partial charge on any atom is 0.433 e. The Kier molecular flexibility index (Phi) is 7.86. The third-order valence-electron chi connectivity index (χ3n) is 5.38. The van der Waals surface area contributed by atoms with Gasteiger partial charge in [0.2, 0.25) is 5.91 Å². The maximum absolute atomic E-state index is 14.9. The van der Waals surface area contributed by atoms with Gasteiger partial charge in [0.15, 0.2) is 0 Å². The second-order valence-electron chi connectivity index (χ2n) is 7.87. The van der Waals surface area contributed by atoms with E-state index in [-0.39, 0.29) is 12.2 Å². The number of nitrogens with one attached hydrogen (secondary N) is 1. The predicted octanol–water partition coefficient (Wildman–Crippen LogP) is 5.61. The molecule has 9 heteroatoms. The third kappa shape index (κ3) is 6.09. The van der Waals surface area contributed by atoms with Gasteiger partial charge < -0.3 is 10.2 Å². The molecule has 2 aromatic carbocycles. The summed E-state index contributed by atoms with van der Waals surface area (Å²) in [5.41, 5.74) is 1.05. The maximum atomic E-state index is 14.9. The Hall–Kier alpha value is -3.49. The average molecular weight is 477 g/mol. The molecule has 0 aliphatic heterocycles. The molecule has 3 aromatic rings. The monoisotopic (exact) mass is 477 g/mol. The molecule has 0 fully saturated rings. The number of aryl methyl sites for hydroxylation is 2. The number of carbonyl (C=O) groups is 1. The summed E-state index contributed by atoms with van der Waals surface area (Å²) in [6, 6.07) is 11.2. The molecule has 1 aromatic heterocycles. The Morgan fingerprint density at radius 3 is 2.35 bits per heavy atom. The van der Waals surface area contributed by atoms with Crippen LogP contribution in [-0.4, -0.2) is 24.5 Å². The van der Waals surface area contributed by atoms with Gasteiger partial charge >= 0.3 is 6.18 Å². The van der Waals surface area contributed by atoms with Crippen LogP contribution in [0.2, 0.25) is 0 Å². The van der Waals surface area contributed by atoms with Crippen molar-refractivity contribution in [2.45, 2.75) is 32.0 Å². The summed E-state index contributed by atoms with van der Waals surface area (Å²) >= 11 is 0. The second kappa shape index (κ2) is 10.6. The molecule has 4 nitrogen and oxygen atoms in total. The number of carbonyl (C=O) groups excluding carboxylic acids is 1. The van der Waals surface area contributed by atoms with Gasteiger partial charge in [-0.05, 0) is 66.8 Å². The van der Waals surface area contributed by atoms with Gasteiger partial charge in [0.05, 0.1) is 5.69 Å². The number of aromatic nitrogens is 1. The molecule has 0 radical (unpaired) electrons. The van der Waals surface area contributed by atoms with Crippen molar-refractivity contribution in [3.8, 4) is 0 Å².